The monoisotopic (exact) mass is 813 g/mol. The standard InChI is InChI=1S/C62H39NO/c1-3-13-43-35-46(25-23-40(43)11-1)49-29-28-47-36-45(26-27-48(47)37-49)42-31-33-52(34-32-42)63(59-39-50-15-5-6-16-54(50)61-57-17-7-8-22-60(57)64-62(59)61)58-21-10-19-55-53(18-9-20-56(55)58)51-30-24-41-12-2-4-14-44(41)38-51/h1-39H. The Balaban J connectivity index is 0.963. The summed E-state index contributed by atoms with van der Waals surface area (Å²) < 4.78 is 6.91. The van der Waals surface area contributed by atoms with Crippen LogP contribution in [0.2, 0.25) is 0 Å². The van der Waals surface area contributed by atoms with Crippen LogP contribution in [0.15, 0.2) is 241 Å². The third-order valence-corrected chi connectivity index (χ3v) is 13.2. The van der Waals surface area contributed by atoms with Crippen LogP contribution in [-0.2, 0) is 0 Å². The molecule has 0 aliphatic carbocycles. The second-order valence-corrected chi connectivity index (χ2v) is 16.9. The summed E-state index contributed by atoms with van der Waals surface area (Å²) in [6, 6.07) is 86.1. The molecule has 0 bridgehead atoms. The fourth-order valence-electron chi connectivity index (χ4n) is 10.0. The molecule has 0 aliphatic heterocycles. The molecule has 0 atom stereocenters. The minimum Gasteiger partial charge on any atom is -0.454 e. The van der Waals surface area contributed by atoms with E-state index in [1.807, 2.05) is 0 Å². The molecule has 0 unspecified atom stereocenters. The number of fused-ring (bicyclic) bond motifs is 9. The summed E-state index contributed by atoms with van der Waals surface area (Å²) in [5.41, 5.74) is 12.1. The summed E-state index contributed by atoms with van der Waals surface area (Å²) in [5.74, 6) is 0. The van der Waals surface area contributed by atoms with Gasteiger partial charge in [0.05, 0.1) is 11.4 Å². The van der Waals surface area contributed by atoms with Crippen molar-refractivity contribution in [2.45, 2.75) is 0 Å². The highest BCUT2D eigenvalue weighted by atomic mass is 16.3. The zero-order valence-corrected chi connectivity index (χ0v) is 34.9. The Hall–Kier alpha value is -8.46. The van der Waals surface area contributed by atoms with Gasteiger partial charge >= 0.3 is 0 Å². The average molecular weight is 814 g/mol. The highest BCUT2D eigenvalue weighted by Crippen LogP contribution is 2.48. The number of nitrogens with zero attached hydrogens (tertiary/aromatic N) is 1. The molecule has 2 heteroatoms. The third kappa shape index (κ3) is 5.95. The van der Waals surface area contributed by atoms with E-state index in [0.29, 0.717) is 0 Å². The van der Waals surface area contributed by atoms with Crippen molar-refractivity contribution in [3.63, 3.8) is 0 Å². The third-order valence-electron chi connectivity index (χ3n) is 13.2. The molecule has 0 fully saturated rings. The first kappa shape index (κ1) is 36.2. The Labute approximate surface area is 370 Å². The Morgan fingerprint density at radius 2 is 0.766 bits per heavy atom. The molecule has 0 saturated carbocycles. The Morgan fingerprint density at radius 1 is 0.281 bits per heavy atom. The molecular formula is C62H39NO. The summed E-state index contributed by atoms with van der Waals surface area (Å²) >= 11 is 0. The lowest BCUT2D eigenvalue weighted by Gasteiger charge is -2.28. The van der Waals surface area contributed by atoms with Gasteiger partial charge in [-0.2, -0.15) is 0 Å². The topological polar surface area (TPSA) is 16.4 Å². The molecule has 0 amide bonds. The second kappa shape index (κ2) is 14.6. The van der Waals surface area contributed by atoms with Crippen molar-refractivity contribution in [3.8, 4) is 33.4 Å². The van der Waals surface area contributed by atoms with Gasteiger partial charge in [0.25, 0.3) is 0 Å². The lowest BCUT2D eigenvalue weighted by atomic mass is 9.94. The second-order valence-electron chi connectivity index (χ2n) is 16.9. The Bertz CT molecular complexity index is 3970. The average Bonchev–Trinajstić information content (AvgIpc) is 3.76. The van der Waals surface area contributed by atoms with Crippen LogP contribution in [0.4, 0.5) is 17.1 Å². The lowest BCUT2D eigenvalue weighted by Crippen LogP contribution is -2.11. The van der Waals surface area contributed by atoms with E-state index >= 15 is 0 Å². The highest BCUT2D eigenvalue weighted by molar-refractivity contribution is 6.23. The van der Waals surface area contributed by atoms with Crippen LogP contribution in [0.5, 0.6) is 0 Å². The van der Waals surface area contributed by atoms with E-state index in [1.165, 1.54) is 70.9 Å². The van der Waals surface area contributed by atoms with E-state index in [9.17, 15) is 0 Å². The van der Waals surface area contributed by atoms with Crippen molar-refractivity contribution in [2.75, 3.05) is 4.90 Å². The maximum atomic E-state index is 6.91. The number of hydrogen-bond acceptors (Lipinski definition) is 2. The van der Waals surface area contributed by atoms with E-state index in [2.05, 4.69) is 241 Å². The summed E-state index contributed by atoms with van der Waals surface area (Å²) in [6.07, 6.45) is 0. The first-order valence-corrected chi connectivity index (χ1v) is 22.0. The van der Waals surface area contributed by atoms with Crippen LogP contribution in [-0.4, -0.2) is 0 Å². The van der Waals surface area contributed by atoms with E-state index in [4.69, 9.17) is 4.42 Å². The lowest BCUT2D eigenvalue weighted by molar-refractivity contribution is 0.669. The number of para-hydroxylation sites is 1. The van der Waals surface area contributed by atoms with Crippen LogP contribution >= 0.6 is 0 Å². The summed E-state index contributed by atoms with van der Waals surface area (Å²) in [7, 11) is 0. The molecule has 0 N–H and O–H groups in total. The van der Waals surface area contributed by atoms with Crippen LogP contribution < -0.4 is 4.90 Å². The molecule has 0 spiro atoms. The summed E-state index contributed by atoms with van der Waals surface area (Å²) in [4.78, 5) is 2.40. The van der Waals surface area contributed by atoms with Gasteiger partial charge in [0.1, 0.15) is 5.58 Å². The first-order chi connectivity index (χ1) is 31.7. The Morgan fingerprint density at radius 3 is 1.47 bits per heavy atom. The SMILES string of the molecule is c1ccc2cc(-c3ccc4cc(-c5ccc(N(c6cccc7c(-c8ccc9ccccc9c8)cccc67)c6cc7ccccc7c7c6oc6ccccc67)cc5)ccc4c3)ccc2c1. The number of hydrogen-bond donors (Lipinski definition) is 0. The molecule has 0 saturated heterocycles. The summed E-state index contributed by atoms with van der Waals surface area (Å²) in [5, 5.41) is 14.4. The minimum atomic E-state index is 0.865. The zero-order valence-electron chi connectivity index (χ0n) is 34.9. The normalized spacial score (nSPS) is 11.8. The van der Waals surface area contributed by atoms with Gasteiger partial charge in [-0.15, -0.1) is 0 Å². The molecule has 1 aromatic heterocycles. The van der Waals surface area contributed by atoms with Crippen molar-refractivity contribution in [3.05, 3.63) is 237 Å². The van der Waals surface area contributed by atoms with Crippen LogP contribution in [0.1, 0.15) is 0 Å². The smallest absolute Gasteiger partial charge is 0.160 e. The maximum absolute atomic E-state index is 6.91. The predicted molar refractivity (Wildman–Crippen MR) is 272 cm³/mol. The van der Waals surface area contributed by atoms with Gasteiger partial charge in [-0.1, -0.05) is 182 Å². The van der Waals surface area contributed by atoms with Gasteiger partial charge in [-0.3, -0.25) is 0 Å². The molecular weight excluding hydrogens is 775 g/mol. The van der Waals surface area contributed by atoms with Crippen LogP contribution in [0.25, 0.3) is 109 Å². The number of anilines is 3. The molecule has 64 heavy (non-hydrogen) atoms. The van der Waals surface area contributed by atoms with Gasteiger partial charge in [-0.05, 0) is 136 Å². The van der Waals surface area contributed by atoms with E-state index < -0.39 is 0 Å². The highest BCUT2D eigenvalue weighted by Gasteiger charge is 2.24. The number of rotatable bonds is 6. The van der Waals surface area contributed by atoms with E-state index in [-0.39, 0.29) is 0 Å². The van der Waals surface area contributed by atoms with Gasteiger partial charge in [-0.25, -0.2) is 0 Å². The molecule has 13 aromatic rings. The fraction of sp³-hybridized carbons (Fsp3) is 0. The Kier molecular flexibility index (Phi) is 8.25. The van der Waals surface area contributed by atoms with Gasteiger partial charge in [0, 0.05) is 21.8 Å². The summed E-state index contributed by atoms with van der Waals surface area (Å²) in [6.45, 7) is 0. The molecule has 12 aromatic carbocycles. The van der Waals surface area contributed by atoms with E-state index in [0.717, 1.165) is 55.3 Å². The molecule has 2 nitrogen and oxygen atoms in total. The molecule has 13 rings (SSSR count). The molecule has 1 heterocycles. The quantitative estimate of drug-likeness (QED) is 0.166. The maximum Gasteiger partial charge on any atom is 0.160 e. The van der Waals surface area contributed by atoms with Crippen molar-refractivity contribution in [1.82, 2.24) is 0 Å². The number of furan rings is 1. The predicted octanol–water partition coefficient (Wildman–Crippen LogP) is 17.8. The first-order valence-electron chi connectivity index (χ1n) is 22.0. The molecule has 0 radical (unpaired) electrons. The van der Waals surface area contributed by atoms with Gasteiger partial charge in [0.2, 0.25) is 0 Å². The van der Waals surface area contributed by atoms with E-state index in [1.54, 1.807) is 0 Å². The van der Waals surface area contributed by atoms with Gasteiger partial charge in [0.15, 0.2) is 5.58 Å². The number of benzene rings is 12. The fourth-order valence-corrected chi connectivity index (χ4v) is 10.0. The largest absolute Gasteiger partial charge is 0.454 e. The van der Waals surface area contributed by atoms with Crippen molar-refractivity contribution in [1.29, 1.82) is 0 Å². The molecule has 0 aliphatic rings. The van der Waals surface area contributed by atoms with Crippen LogP contribution in [0, 0.1) is 0 Å². The molecule has 298 valence electrons. The van der Waals surface area contributed by atoms with Crippen molar-refractivity contribution in [2.24, 2.45) is 0 Å². The van der Waals surface area contributed by atoms with Crippen LogP contribution in [0.3, 0.4) is 0 Å². The van der Waals surface area contributed by atoms with Crippen molar-refractivity contribution >= 4 is 92.9 Å². The van der Waals surface area contributed by atoms with Crippen molar-refractivity contribution < 1.29 is 4.42 Å². The van der Waals surface area contributed by atoms with Gasteiger partial charge < -0.3 is 9.32 Å². The zero-order chi connectivity index (χ0) is 42.1. The minimum absolute atomic E-state index is 0.865.